The maximum atomic E-state index is 12.9. The second-order valence-electron chi connectivity index (χ2n) is 6.96. The van der Waals surface area contributed by atoms with Gasteiger partial charge in [0.15, 0.2) is 0 Å². The summed E-state index contributed by atoms with van der Waals surface area (Å²) in [6.45, 7) is 7.38. The summed E-state index contributed by atoms with van der Waals surface area (Å²) in [6.07, 6.45) is -0.321. The van der Waals surface area contributed by atoms with Crippen LogP contribution in [-0.4, -0.2) is 43.6 Å². The highest BCUT2D eigenvalue weighted by Crippen LogP contribution is 2.40. The predicted molar refractivity (Wildman–Crippen MR) is 107 cm³/mol. The zero-order valence-electron chi connectivity index (χ0n) is 17.4. The fourth-order valence-corrected chi connectivity index (χ4v) is 3.23. The van der Waals surface area contributed by atoms with Crippen molar-refractivity contribution in [3.63, 3.8) is 0 Å². The van der Waals surface area contributed by atoms with Crippen LogP contribution in [-0.2, 0) is 23.8 Å². The Morgan fingerprint density at radius 2 is 1.79 bits per heavy atom. The smallest absolute Gasteiger partial charge is 0.337 e. The van der Waals surface area contributed by atoms with Crippen molar-refractivity contribution in [2.24, 2.45) is 0 Å². The topological polar surface area (TPSA) is 106 Å². The lowest BCUT2D eigenvalue weighted by Crippen LogP contribution is -2.33. The molecule has 8 nitrogen and oxygen atoms in total. The van der Waals surface area contributed by atoms with Gasteiger partial charge in [-0.2, -0.15) is 0 Å². The first kappa shape index (κ1) is 22.4. The summed E-state index contributed by atoms with van der Waals surface area (Å²) in [5.41, 5.74) is 4.96. The van der Waals surface area contributed by atoms with Gasteiger partial charge in [0.2, 0.25) is 0 Å². The quantitative estimate of drug-likeness (QED) is 0.345. The van der Waals surface area contributed by atoms with E-state index in [1.54, 1.807) is 52.0 Å². The first-order chi connectivity index (χ1) is 13.8. The van der Waals surface area contributed by atoms with Crippen LogP contribution in [0.2, 0.25) is 0 Å². The molecule has 0 spiro atoms. The summed E-state index contributed by atoms with van der Waals surface area (Å²) in [6, 6.07) is 6.84. The lowest BCUT2D eigenvalue weighted by Gasteiger charge is -2.31. The Labute approximate surface area is 170 Å². The van der Waals surface area contributed by atoms with Crippen LogP contribution in [0.1, 0.15) is 39.2 Å². The van der Waals surface area contributed by atoms with Crippen molar-refractivity contribution < 1.29 is 29.0 Å². The number of benzene rings is 1. The molecular weight excluding hydrogens is 376 g/mol. The second kappa shape index (κ2) is 10.1. The van der Waals surface area contributed by atoms with Crippen LogP contribution in [0.15, 0.2) is 46.8 Å². The number of hydrogen-bond donors (Lipinski definition) is 3. The van der Waals surface area contributed by atoms with Crippen molar-refractivity contribution >= 4 is 17.6 Å². The fraction of sp³-hybridized carbons (Fsp3) is 0.429. The molecule has 0 aromatic heterocycles. The summed E-state index contributed by atoms with van der Waals surface area (Å²) in [4.78, 5) is 25.8. The average Bonchev–Trinajstić information content (AvgIpc) is 2.66. The molecule has 1 atom stereocenters. The number of rotatable bonds is 8. The van der Waals surface area contributed by atoms with Crippen LogP contribution < -0.4 is 10.8 Å². The van der Waals surface area contributed by atoms with Gasteiger partial charge in [0.05, 0.1) is 35.5 Å². The molecule has 8 heteroatoms. The van der Waals surface area contributed by atoms with E-state index in [-0.39, 0.29) is 19.3 Å². The van der Waals surface area contributed by atoms with Crippen LogP contribution >= 0.6 is 0 Å². The highest BCUT2D eigenvalue weighted by atomic mass is 16.6. The van der Waals surface area contributed by atoms with E-state index in [0.29, 0.717) is 33.8 Å². The molecule has 0 amide bonds. The van der Waals surface area contributed by atoms with Gasteiger partial charge in [-0.25, -0.2) is 9.59 Å². The molecule has 0 aliphatic carbocycles. The fourth-order valence-electron chi connectivity index (χ4n) is 3.23. The van der Waals surface area contributed by atoms with Crippen LogP contribution in [0.5, 0.6) is 0 Å². The Kier molecular flexibility index (Phi) is 7.81. The van der Waals surface area contributed by atoms with E-state index in [9.17, 15) is 14.8 Å². The number of nitrogens with one attached hydrogen (secondary N) is 2. The van der Waals surface area contributed by atoms with Gasteiger partial charge in [-0.3, -0.25) is 10.7 Å². The molecule has 3 N–H and O–H groups in total. The van der Waals surface area contributed by atoms with Crippen molar-refractivity contribution in [3.8, 4) is 0 Å². The van der Waals surface area contributed by atoms with Crippen LogP contribution in [0.25, 0.3) is 0 Å². The molecule has 1 aromatic carbocycles. The van der Waals surface area contributed by atoms with E-state index in [1.165, 1.54) is 7.11 Å². The summed E-state index contributed by atoms with van der Waals surface area (Å²) in [5, 5.41) is 12.4. The maximum Gasteiger partial charge on any atom is 0.337 e. The summed E-state index contributed by atoms with van der Waals surface area (Å²) in [5.74, 6) is -1.79. The number of allylic oxidation sites excluding steroid dienone is 2. The third-order valence-electron chi connectivity index (χ3n) is 4.41. The third kappa shape index (κ3) is 5.36. The van der Waals surface area contributed by atoms with Crippen molar-refractivity contribution in [3.05, 3.63) is 52.4 Å². The summed E-state index contributed by atoms with van der Waals surface area (Å²) >= 11 is 0. The first-order valence-electron chi connectivity index (χ1n) is 9.35. The molecule has 0 fully saturated rings. The number of ether oxygens (including phenoxy) is 3. The van der Waals surface area contributed by atoms with Crippen molar-refractivity contribution in [1.29, 1.82) is 0 Å². The average molecular weight is 404 g/mol. The lowest BCUT2D eigenvalue weighted by molar-refractivity contribution is -0.143. The van der Waals surface area contributed by atoms with Crippen LogP contribution in [0, 0.1) is 0 Å². The lowest BCUT2D eigenvalue weighted by atomic mass is 9.80. The number of carbonyl (C=O) groups excluding carboxylic acids is 2. The maximum absolute atomic E-state index is 12.9. The highest BCUT2D eigenvalue weighted by Gasteiger charge is 2.38. The molecular formula is C21H28N2O6. The molecule has 0 saturated heterocycles. The Hall–Kier alpha value is -2.84. The molecule has 1 aliphatic heterocycles. The first-order valence-corrected chi connectivity index (χ1v) is 9.35. The van der Waals surface area contributed by atoms with Crippen molar-refractivity contribution in [1.82, 2.24) is 5.32 Å². The minimum absolute atomic E-state index is 0.0888. The second-order valence-corrected chi connectivity index (χ2v) is 6.96. The van der Waals surface area contributed by atoms with Gasteiger partial charge >= 0.3 is 11.9 Å². The van der Waals surface area contributed by atoms with E-state index < -0.39 is 17.9 Å². The van der Waals surface area contributed by atoms with Gasteiger partial charge in [-0.15, -0.1) is 0 Å². The van der Waals surface area contributed by atoms with Gasteiger partial charge in [-0.05, 0) is 45.4 Å². The Bertz CT molecular complexity index is 828. The minimum atomic E-state index is -0.717. The number of dihydropyridines is 1. The van der Waals surface area contributed by atoms with Gasteiger partial charge in [0.1, 0.15) is 6.61 Å². The highest BCUT2D eigenvalue weighted by molar-refractivity contribution is 6.00. The monoisotopic (exact) mass is 404 g/mol. The summed E-state index contributed by atoms with van der Waals surface area (Å²) < 4.78 is 15.7. The molecule has 1 heterocycles. The van der Waals surface area contributed by atoms with E-state index in [1.807, 2.05) is 0 Å². The molecule has 0 saturated carbocycles. The molecule has 158 valence electrons. The van der Waals surface area contributed by atoms with Gasteiger partial charge in [0, 0.05) is 18.5 Å². The van der Waals surface area contributed by atoms with E-state index >= 15 is 0 Å². The number of carbonyl (C=O) groups is 2. The van der Waals surface area contributed by atoms with Gasteiger partial charge in [0.25, 0.3) is 0 Å². The Morgan fingerprint density at radius 3 is 2.38 bits per heavy atom. The van der Waals surface area contributed by atoms with Crippen molar-refractivity contribution in [2.75, 3.05) is 25.8 Å². The van der Waals surface area contributed by atoms with Gasteiger partial charge in [-0.1, -0.05) is 12.1 Å². The minimum Gasteiger partial charge on any atom is -0.460 e. The molecule has 1 aromatic rings. The largest absolute Gasteiger partial charge is 0.460 e. The van der Waals surface area contributed by atoms with E-state index in [2.05, 4.69) is 10.8 Å². The number of methoxy groups -OCH3 is 1. The van der Waals surface area contributed by atoms with Crippen LogP contribution in [0.4, 0.5) is 5.69 Å². The number of hydrogen-bond acceptors (Lipinski definition) is 8. The van der Waals surface area contributed by atoms with Gasteiger partial charge < -0.3 is 19.5 Å². The van der Waals surface area contributed by atoms with Crippen molar-refractivity contribution in [2.45, 2.75) is 39.7 Å². The Morgan fingerprint density at radius 1 is 1.14 bits per heavy atom. The van der Waals surface area contributed by atoms with E-state index in [0.717, 1.165) is 0 Å². The molecule has 2 rings (SSSR count). The normalized spacial score (nSPS) is 16.6. The number of esters is 2. The summed E-state index contributed by atoms with van der Waals surface area (Å²) in [7, 11) is 1.52. The molecule has 29 heavy (non-hydrogen) atoms. The zero-order valence-corrected chi connectivity index (χ0v) is 17.4. The Balaban J connectivity index is 2.56. The number of anilines is 1. The SMILES string of the molecule is COCCOC(=O)C1=C(C)NC(C)=C(C(=O)OC(C)C)C1c1cccc(NO)c1. The zero-order chi connectivity index (χ0) is 21.6. The molecule has 0 radical (unpaired) electrons. The molecule has 1 aliphatic rings. The standard InChI is InChI=1S/C21H28N2O6/c1-12(2)29-21(25)18-14(4)22-13(3)17(20(24)28-10-9-27-5)19(18)15-7-6-8-16(11-15)23-26/h6-8,11-12,19,22-23,26H,9-10H2,1-5H3. The molecule has 1 unspecified atom stereocenters. The van der Waals surface area contributed by atoms with Crippen LogP contribution in [0.3, 0.4) is 0 Å². The third-order valence-corrected chi connectivity index (χ3v) is 4.41. The molecule has 0 bridgehead atoms. The van der Waals surface area contributed by atoms with E-state index in [4.69, 9.17) is 14.2 Å². The predicted octanol–water partition coefficient (Wildman–Crippen LogP) is 2.86.